The minimum absolute atomic E-state index is 0.128. The first-order valence-corrected chi connectivity index (χ1v) is 9.14. The summed E-state index contributed by atoms with van der Waals surface area (Å²) in [6.45, 7) is 4.76. The first-order chi connectivity index (χ1) is 12.8. The van der Waals surface area contributed by atoms with Gasteiger partial charge in [-0.05, 0) is 29.7 Å². The molecule has 1 fully saturated rings. The van der Waals surface area contributed by atoms with Gasteiger partial charge in [-0.15, -0.1) is 0 Å². The molecular formula is C22H24FN2O+. The van der Waals surface area contributed by atoms with E-state index in [9.17, 15) is 4.39 Å². The molecule has 1 aliphatic rings. The topological polar surface area (TPSA) is 16.9 Å². The average molecular weight is 351 g/mol. The van der Waals surface area contributed by atoms with Gasteiger partial charge in [0.15, 0.2) is 0 Å². The number of benzene rings is 3. The number of nitrogens with zero attached hydrogens (tertiary/aromatic N) is 1. The minimum Gasteiger partial charge on any atom is -0.496 e. The van der Waals surface area contributed by atoms with Gasteiger partial charge in [0.1, 0.15) is 18.1 Å². The van der Waals surface area contributed by atoms with Crippen LogP contribution in [0.1, 0.15) is 5.56 Å². The molecule has 0 aromatic heterocycles. The molecule has 0 amide bonds. The van der Waals surface area contributed by atoms with Crippen molar-refractivity contribution in [1.29, 1.82) is 0 Å². The Morgan fingerprint density at radius 1 is 0.923 bits per heavy atom. The molecule has 1 aliphatic heterocycles. The maximum atomic E-state index is 14.0. The fourth-order valence-electron chi connectivity index (χ4n) is 3.88. The lowest BCUT2D eigenvalue weighted by Crippen LogP contribution is -3.13. The molecule has 0 saturated carbocycles. The lowest BCUT2D eigenvalue weighted by molar-refractivity contribution is -0.914. The number of piperazine rings is 1. The molecule has 0 spiro atoms. The summed E-state index contributed by atoms with van der Waals surface area (Å²) in [7, 11) is 1.72. The van der Waals surface area contributed by atoms with E-state index >= 15 is 0 Å². The monoisotopic (exact) mass is 351 g/mol. The molecular weight excluding hydrogens is 327 g/mol. The molecule has 3 nitrogen and oxygen atoms in total. The van der Waals surface area contributed by atoms with Gasteiger partial charge >= 0.3 is 0 Å². The highest BCUT2D eigenvalue weighted by Crippen LogP contribution is 2.28. The summed E-state index contributed by atoms with van der Waals surface area (Å²) in [6.07, 6.45) is 0. The Balaban J connectivity index is 1.48. The number of para-hydroxylation sites is 1. The highest BCUT2D eigenvalue weighted by atomic mass is 19.1. The Morgan fingerprint density at radius 2 is 1.62 bits per heavy atom. The Kier molecular flexibility index (Phi) is 4.76. The number of fused-ring (bicyclic) bond motifs is 1. The first kappa shape index (κ1) is 16.9. The van der Waals surface area contributed by atoms with Crippen molar-refractivity contribution < 1.29 is 14.0 Å². The zero-order chi connectivity index (χ0) is 17.9. The number of nitrogens with one attached hydrogen (secondary N) is 1. The van der Waals surface area contributed by atoms with E-state index in [4.69, 9.17) is 4.74 Å². The molecule has 0 aliphatic carbocycles. The van der Waals surface area contributed by atoms with Gasteiger partial charge in [0, 0.05) is 10.9 Å². The van der Waals surface area contributed by atoms with Crippen molar-refractivity contribution >= 4 is 16.5 Å². The molecule has 0 bridgehead atoms. The van der Waals surface area contributed by atoms with Crippen LogP contribution >= 0.6 is 0 Å². The molecule has 0 unspecified atom stereocenters. The maximum absolute atomic E-state index is 14.0. The van der Waals surface area contributed by atoms with Crippen molar-refractivity contribution in [2.24, 2.45) is 0 Å². The highest BCUT2D eigenvalue weighted by Gasteiger charge is 2.22. The largest absolute Gasteiger partial charge is 0.496 e. The molecule has 1 heterocycles. The summed E-state index contributed by atoms with van der Waals surface area (Å²) in [4.78, 5) is 3.69. The lowest BCUT2D eigenvalue weighted by Gasteiger charge is -2.34. The predicted molar refractivity (Wildman–Crippen MR) is 104 cm³/mol. The number of quaternary nitrogens is 1. The molecule has 1 N–H and O–H groups in total. The van der Waals surface area contributed by atoms with E-state index in [1.807, 2.05) is 12.1 Å². The van der Waals surface area contributed by atoms with Gasteiger partial charge < -0.3 is 14.5 Å². The SMILES string of the molecule is COc1ccc(C[NH+]2CCN(c3ccccc3F)CC2)c2ccccc12. The van der Waals surface area contributed by atoms with Gasteiger partial charge in [-0.2, -0.15) is 0 Å². The first-order valence-electron chi connectivity index (χ1n) is 9.14. The summed E-state index contributed by atoms with van der Waals surface area (Å²) >= 11 is 0. The molecule has 4 rings (SSSR count). The normalized spacial score (nSPS) is 15.4. The zero-order valence-electron chi connectivity index (χ0n) is 15.0. The second-order valence-electron chi connectivity index (χ2n) is 6.84. The zero-order valence-corrected chi connectivity index (χ0v) is 15.0. The van der Waals surface area contributed by atoms with Crippen LogP contribution in [0.4, 0.5) is 10.1 Å². The number of hydrogen-bond acceptors (Lipinski definition) is 2. The van der Waals surface area contributed by atoms with E-state index in [-0.39, 0.29) is 5.82 Å². The summed E-state index contributed by atoms with van der Waals surface area (Å²) < 4.78 is 19.5. The number of rotatable bonds is 4. The van der Waals surface area contributed by atoms with Gasteiger partial charge in [-0.1, -0.05) is 36.4 Å². The van der Waals surface area contributed by atoms with Gasteiger partial charge in [0.25, 0.3) is 0 Å². The van der Waals surface area contributed by atoms with Crippen molar-refractivity contribution in [2.75, 3.05) is 38.2 Å². The standard InChI is InChI=1S/C22H23FN2O/c1-26-22-11-10-17(18-6-2-3-7-19(18)22)16-24-12-14-25(15-13-24)21-9-5-4-8-20(21)23/h2-11H,12-16H2,1H3/p+1. The van der Waals surface area contributed by atoms with Crippen LogP contribution in [0.15, 0.2) is 60.7 Å². The summed E-state index contributed by atoms with van der Waals surface area (Å²) in [5.74, 6) is 0.792. The van der Waals surface area contributed by atoms with Crippen LogP contribution in [0.2, 0.25) is 0 Å². The van der Waals surface area contributed by atoms with E-state index < -0.39 is 0 Å². The van der Waals surface area contributed by atoms with Crippen LogP contribution in [0.5, 0.6) is 5.75 Å². The Bertz CT molecular complexity index is 904. The summed E-state index contributed by atoms with van der Waals surface area (Å²) in [6, 6.07) is 19.7. The van der Waals surface area contributed by atoms with E-state index in [2.05, 4.69) is 41.3 Å². The quantitative estimate of drug-likeness (QED) is 0.778. The minimum atomic E-state index is -0.128. The fraction of sp³-hybridized carbons (Fsp3) is 0.273. The number of methoxy groups -OCH3 is 1. The van der Waals surface area contributed by atoms with Crippen LogP contribution in [-0.2, 0) is 6.54 Å². The van der Waals surface area contributed by atoms with E-state index in [1.54, 1.807) is 13.2 Å². The van der Waals surface area contributed by atoms with Gasteiger partial charge in [-0.3, -0.25) is 0 Å². The van der Waals surface area contributed by atoms with E-state index in [1.165, 1.54) is 21.9 Å². The van der Waals surface area contributed by atoms with Crippen molar-refractivity contribution in [3.8, 4) is 5.75 Å². The Labute approximate surface area is 153 Å². The van der Waals surface area contributed by atoms with Crippen LogP contribution in [0.25, 0.3) is 10.8 Å². The number of anilines is 1. The highest BCUT2D eigenvalue weighted by molar-refractivity contribution is 5.90. The third kappa shape index (κ3) is 3.25. The Hall–Kier alpha value is -2.59. The number of hydrogen-bond donors (Lipinski definition) is 1. The fourth-order valence-corrected chi connectivity index (χ4v) is 3.88. The molecule has 4 heteroatoms. The second kappa shape index (κ2) is 7.34. The van der Waals surface area contributed by atoms with E-state index in [0.717, 1.165) is 49.5 Å². The Morgan fingerprint density at radius 3 is 2.35 bits per heavy atom. The van der Waals surface area contributed by atoms with Crippen LogP contribution in [-0.4, -0.2) is 33.3 Å². The number of ether oxygens (including phenoxy) is 1. The number of halogens is 1. The smallest absolute Gasteiger partial charge is 0.146 e. The third-order valence-corrected chi connectivity index (χ3v) is 5.30. The molecule has 0 atom stereocenters. The summed E-state index contributed by atoms with van der Waals surface area (Å²) in [5.41, 5.74) is 2.07. The van der Waals surface area contributed by atoms with Crippen molar-refractivity contribution in [3.63, 3.8) is 0 Å². The van der Waals surface area contributed by atoms with Crippen LogP contribution in [0, 0.1) is 5.82 Å². The molecule has 0 radical (unpaired) electrons. The second-order valence-corrected chi connectivity index (χ2v) is 6.84. The maximum Gasteiger partial charge on any atom is 0.146 e. The molecule has 134 valence electrons. The average Bonchev–Trinajstić information content (AvgIpc) is 2.69. The molecule has 3 aromatic carbocycles. The van der Waals surface area contributed by atoms with Gasteiger partial charge in [0.05, 0.1) is 39.0 Å². The third-order valence-electron chi connectivity index (χ3n) is 5.30. The van der Waals surface area contributed by atoms with Gasteiger partial charge in [0.2, 0.25) is 0 Å². The summed E-state index contributed by atoms with van der Waals surface area (Å²) in [5, 5.41) is 2.42. The predicted octanol–water partition coefficient (Wildman–Crippen LogP) is 2.89. The van der Waals surface area contributed by atoms with Crippen molar-refractivity contribution in [3.05, 3.63) is 72.0 Å². The molecule has 3 aromatic rings. The molecule has 26 heavy (non-hydrogen) atoms. The van der Waals surface area contributed by atoms with Crippen LogP contribution < -0.4 is 14.5 Å². The lowest BCUT2D eigenvalue weighted by atomic mass is 10.0. The van der Waals surface area contributed by atoms with Crippen molar-refractivity contribution in [1.82, 2.24) is 0 Å². The molecule has 1 saturated heterocycles. The van der Waals surface area contributed by atoms with Crippen LogP contribution in [0.3, 0.4) is 0 Å². The van der Waals surface area contributed by atoms with E-state index in [0.29, 0.717) is 0 Å². The van der Waals surface area contributed by atoms with Crippen molar-refractivity contribution in [2.45, 2.75) is 6.54 Å². The van der Waals surface area contributed by atoms with Gasteiger partial charge in [-0.25, -0.2) is 4.39 Å².